The molecule has 2 N–H and O–H groups in total. The van der Waals surface area contributed by atoms with Gasteiger partial charge in [-0.2, -0.15) is 0 Å². The summed E-state index contributed by atoms with van der Waals surface area (Å²) in [5.41, 5.74) is 4.77. The summed E-state index contributed by atoms with van der Waals surface area (Å²) < 4.78 is 0. The van der Waals surface area contributed by atoms with E-state index in [-0.39, 0.29) is 6.42 Å². The molecule has 0 bridgehead atoms. The van der Waals surface area contributed by atoms with Crippen molar-refractivity contribution in [3.63, 3.8) is 0 Å². The van der Waals surface area contributed by atoms with Gasteiger partial charge in [-0.05, 0) is 33.5 Å². The number of aromatic nitrogens is 6. The number of hydrogen-bond donors (Lipinski definition) is 2. The Morgan fingerprint density at radius 2 is 1.83 bits per heavy atom. The van der Waals surface area contributed by atoms with E-state index in [0.29, 0.717) is 36.0 Å². The molecule has 180 valence electrons. The summed E-state index contributed by atoms with van der Waals surface area (Å²) >= 11 is 0. The van der Waals surface area contributed by atoms with Crippen LogP contribution in [0.3, 0.4) is 0 Å². The molecule has 0 aliphatic heterocycles. The average molecular weight is 472 g/mol. The summed E-state index contributed by atoms with van der Waals surface area (Å²) in [7, 11) is 0. The zero-order valence-corrected chi connectivity index (χ0v) is 20.0. The third-order valence-electron chi connectivity index (χ3n) is 5.80. The van der Waals surface area contributed by atoms with Gasteiger partial charge in [-0.1, -0.05) is 68.8 Å². The molecule has 35 heavy (non-hydrogen) atoms. The molecule has 0 radical (unpaired) electrons. The van der Waals surface area contributed by atoms with Crippen LogP contribution in [0.4, 0.5) is 5.82 Å². The van der Waals surface area contributed by atoms with Gasteiger partial charge in [-0.3, -0.25) is 4.79 Å². The molecular weight excluding hydrogens is 442 g/mol. The van der Waals surface area contributed by atoms with E-state index in [9.17, 15) is 9.90 Å². The lowest BCUT2D eigenvalue weighted by atomic mass is 9.98. The first-order chi connectivity index (χ1) is 17.1. The van der Waals surface area contributed by atoms with Gasteiger partial charge in [0.1, 0.15) is 11.6 Å². The van der Waals surface area contributed by atoms with Crippen molar-refractivity contribution in [3.05, 3.63) is 71.7 Å². The SMILES string of the molecule is CCCCN(Cc1ccc(-c2ccccc2-c2nnn[nH]2)cc1)c1nc(CC)ncc1CC(=O)O. The Balaban J connectivity index is 1.63. The molecule has 0 aliphatic carbocycles. The first-order valence-corrected chi connectivity index (χ1v) is 11.8. The van der Waals surface area contributed by atoms with E-state index in [1.807, 2.05) is 31.2 Å². The highest BCUT2D eigenvalue weighted by Gasteiger charge is 2.17. The van der Waals surface area contributed by atoms with Crippen LogP contribution >= 0.6 is 0 Å². The number of carboxylic acid groups (broad SMARTS) is 1. The predicted molar refractivity (Wildman–Crippen MR) is 134 cm³/mol. The largest absolute Gasteiger partial charge is 0.481 e. The van der Waals surface area contributed by atoms with Gasteiger partial charge in [-0.25, -0.2) is 15.1 Å². The fourth-order valence-electron chi connectivity index (χ4n) is 4.00. The number of benzene rings is 2. The smallest absolute Gasteiger partial charge is 0.308 e. The van der Waals surface area contributed by atoms with Crippen LogP contribution in [-0.2, 0) is 24.2 Å². The molecule has 0 amide bonds. The molecule has 0 spiro atoms. The van der Waals surface area contributed by atoms with Crippen LogP contribution in [0.2, 0.25) is 0 Å². The third kappa shape index (κ3) is 5.87. The Hall–Kier alpha value is -4.14. The first-order valence-electron chi connectivity index (χ1n) is 11.8. The van der Waals surface area contributed by atoms with E-state index in [0.717, 1.165) is 41.6 Å². The summed E-state index contributed by atoms with van der Waals surface area (Å²) in [6.45, 7) is 5.55. The summed E-state index contributed by atoms with van der Waals surface area (Å²) in [5, 5.41) is 23.7. The monoisotopic (exact) mass is 471 g/mol. The summed E-state index contributed by atoms with van der Waals surface area (Å²) in [6, 6.07) is 16.4. The number of aliphatic carboxylic acids is 1. The van der Waals surface area contributed by atoms with Gasteiger partial charge >= 0.3 is 5.97 Å². The third-order valence-corrected chi connectivity index (χ3v) is 5.80. The maximum Gasteiger partial charge on any atom is 0.308 e. The number of H-pyrrole nitrogens is 1. The Bertz CT molecular complexity index is 1260. The van der Waals surface area contributed by atoms with Crippen molar-refractivity contribution in [3.8, 4) is 22.5 Å². The highest BCUT2D eigenvalue weighted by Crippen LogP contribution is 2.30. The zero-order chi connectivity index (χ0) is 24.6. The minimum absolute atomic E-state index is 0.103. The van der Waals surface area contributed by atoms with Gasteiger partial charge < -0.3 is 10.0 Å². The molecule has 2 aromatic carbocycles. The molecule has 0 aliphatic rings. The topological polar surface area (TPSA) is 121 Å². The molecule has 0 atom stereocenters. The van der Waals surface area contributed by atoms with Crippen molar-refractivity contribution in [1.29, 1.82) is 0 Å². The molecule has 2 aromatic heterocycles. The van der Waals surface area contributed by atoms with Crippen LogP contribution in [0, 0.1) is 0 Å². The number of aryl methyl sites for hydroxylation is 1. The Morgan fingerprint density at radius 1 is 1.06 bits per heavy atom. The quantitative estimate of drug-likeness (QED) is 0.332. The van der Waals surface area contributed by atoms with E-state index >= 15 is 0 Å². The molecule has 9 nitrogen and oxygen atoms in total. The van der Waals surface area contributed by atoms with Gasteiger partial charge in [-0.15, -0.1) is 5.10 Å². The highest BCUT2D eigenvalue weighted by atomic mass is 16.4. The van der Waals surface area contributed by atoms with Crippen molar-refractivity contribution in [2.45, 2.75) is 46.1 Å². The molecule has 0 unspecified atom stereocenters. The summed E-state index contributed by atoms with van der Waals surface area (Å²) in [4.78, 5) is 22.7. The average Bonchev–Trinajstić information content (AvgIpc) is 3.42. The fraction of sp³-hybridized carbons (Fsp3) is 0.308. The second-order valence-electron chi connectivity index (χ2n) is 8.33. The minimum atomic E-state index is -0.889. The number of nitrogens with one attached hydrogen (secondary N) is 1. The second-order valence-corrected chi connectivity index (χ2v) is 8.33. The van der Waals surface area contributed by atoms with Crippen LogP contribution in [0.1, 0.15) is 43.6 Å². The number of aromatic amines is 1. The number of nitrogens with zero attached hydrogens (tertiary/aromatic N) is 6. The molecule has 0 saturated carbocycles. The molecule has 2 heterocycles. The predicted octanol–water partition coefficient (Wildman–Crippen LogP) is 4.32. The number of carbonyl (C=O) groups is 1. The molecule has 4 rings (SSSR count). The van der Waals surface area contributed by atoms with Gasteiger partial charge in [0.15, 0.2) is 5.82 Å². The number of carboxylic acids is 1. The van der Waals surface area contributed by atoms with E-state index in [2.05, 4.69) is 61.7 Å². The van der Waals surface area contributed by atoms with E-state index < -0.39 is 5.97 Å². The fourth-order valence-corrected chi connectivity index (χ4v) is 4.00. The maximum atomic E-state index is 11.5. The lowest BCUT2D eigenvalue weighted by molar-refractivity contribution is -0.136. The minimum Gasteiger partial charge on any atom is -0.481 e. The number of anilines is 1. The van der Waals surface area contributed by atoms with Crippen LogP contribution in [0.15, 0.2) is 54.7 Å². The standard InChI is InChI=1S/C26H29N7O2/c1-3-5-14-33(26-20(15-24(34)35)16-27-23(4-2)28-26)17-18-10-12-19(13-11-18)21-8-6-7-9-22(21)25-29-31-32-30-25/h6-13,16H,3-5,14-15,17H2,1-2H3,(H,34,35)(H,29,30,31,32). The molecule has 9 heteroatoms. The van der Waals surface area contributed by atoms with E-state index in [1.54, 1.807) is 6.20 Å². The lowest BCUT2D eigenvalue weighted by Crippen LogP contribution is -2.27. The number of hydrogen-bond acceptors (Lipinski definition) is 7. The van der Waals surface area contributed by atoms with Gasteiger partial charge in [0, 0.05) is 36.8 Å². The Labute approximate surface area is 204 Å². The molecule has 0 fully saturated rings. The van der Waals surface area contributed by atoms with Crippen molar-refractivity contribution >= 4 is 11.8 Å². The van der Waals surface area contributed by atoms with Crippen molar-refractivity contribution in [1.82, 2.24) is 30.6 Å². The highest BCUT2D eigenvalue weighted by molar-refractivity contribution is 5.80. The van der Waals surface area contributed by atoms with E-state index in [1.165, 1.54) is 0 Å². The Morgan fingerprint density at radius 3 is 2.49 bits per heavy atom. The summed E-state index contributed by atoms with van der Waals surface area (Å²) in [5.74, 6) is 1.15. The zero-order valence-electron chi connectivity index (χ0n) is 20.0. The van der Waals surface area contributed by atoms with Crippen molar-refractivity contribution < 1.29 is 9.90 Å². The normalized spacial score (nSPS) is 10.9. The van der Waals surface area contributed by atoms with Gasteiger partial charge in [0.05, 0.1) is 6.42 Å². The summed E-state index contributed by atoms with van der Waals surface area (Å²) in [6.07, 6.45) is 4.26. The molecular formula is C26H29N7O2. The van der Waals surface area contributed by atoms with E-state index in [4.69, 9.17) is 4.98 Å². The molecule has 4 aromatic rings. The number of tetrazole rings is 1. The van der Waals surface area contributed by atoms with Crippen molar-refractivity contribution in [2.75, 3.05) is 11.4 Å². The van der Waals surface area contributed by atoms with Crippen molar-refractivity contribution in [2.24, 2.45) is 0 Å². The number of unbranched alkanes of at least 4 members (excludes halogenated alkanes) is 1. The van der Waals surface area contributed by atoms with Crippen LogP contribution in [-0.4, -0.2) is 48.2 Å². The molecule has 0 saturated heterocycles. The van der Waals surface area contributed by atoms with Gasteiger partial charge in [0.2, 0.25) is 0 Å². The first kappa shape index (κ1) is 24.0. The Kier molecular flexibility index (Phi) is 7.77. The lowest BCUT2D eigenvalue weighted by Gasteiger charge is -2.26. The van der Waals surface area contributed by atoms with Gasteiger partial charge in [0.25, 0.3) is 0 Å². The number of rotatable bonds is 11. The second kappa shape index (κ2) is 11.3. The maximum absolute atomic E-state index is 11.5. The van der Waals surface area contributed by atoms with Crippen LogP contribution in [0.5, 0.6) is 0 Å². The van der Waals surface area contributed by atoms with Crippen LogP contribution in [0.25, 0.3) is 22.5 Å². The van der Waals surface area contributed by atoms with Crippen LogP contribution < -0.4 is 4.90 Å².